The van der Waals surface area contributed by atoms with Crippen molar-refractivity contribution in [3.63, 3.8) is 0 Å². The monoisotopic (exact) mass is 219 g/mol. The molecule has 4 heteroatoms. The van der Waals surface area contributed by atoms with Gasteiger partial charge in [0.05, 0.1) is 0 Å². The maximum Gasteiger partial charge on any atom is 0.248 e. The second-order valence-electron chi connectivity index (χ2n) is 2.92. The number of thiophene rings is 1. The number of nitrogens with two attached hydrogens (primary N) is 1. The Balaban J connectivity index is 2.14. The van der Waals surface area contributed by atoms with Gasteiger partial charge in [-0.15, -0.1) is 11.3 Å². The Hall–Kier alpha value is -1.81. The zero-order valence-electron chi connectivity index (χ0n) is 7.84. The van der Waals surface area contributed by atoms with E-state index in [0.717, 1.165) is 5.06 Å². The van der Waals surface area contributed by atoms with Crippen molar-refractivity contribution in [2.75, 3.05) is 0 Å². The van der Waals surface area contributed by atoms with Crippen molar-refractivity contribution in [2.24, 2.45) is 5.73 Å². The molecule has 0 aliphatic carbocycles. The normalized spacial score (nSPS) is 9.87. The highest BCUT2D eigenvalue weighted by molar-refractivity contribution is 7.11. The summed E-state index contributed by atoms with van der Waals surface area (Å²) in [5.41, 5.74) is 5.60. The molecule has 0 radical (unpaired) electrons. The first-order chi connectivity index (χ1) is 7.25. The van der Waals surface area contributed by atoms with Crippen molar-refractivity contribution in [2.45, 2.75) is 0 Å². The predicted octanol–water partition coefficient (Wildman–Crippen LogP) is 2.64. The van der Waals surface area contributed by atoms with E-state index in [1.807, 2.05) is 17.5 Å². The third-order valence-corrected chi connectivity index (χ3v) is 2.60. The number of carbonyl (C=O) groups excluding carboxylic acids is 1. The molecule has 3 nitrogen and oxygen atoms in total. The zero-order valence-corrected chi connectivity index (χ0v) is 8.66. The molecule has 0 unspecified atom stereocenters. The minimum atomic E-state index is -0.433. The number of amides is 1. The van der Waals surface area contributed by atoms with Crippen molar-refractivity contribution >= 4 is 17.2 Å². The number of hydrogen-bond acceptors (Lipinski definition) is 3. The first kappa shape index (κ1) is 9.73. The largest absolute Gasteiger partial charge is 0.447 e. The standard InChI is InChI=1S/C11H9NO2S/c12-11(13)8-3-5-9(6-4-8)14-10-2-1-7-15-10/h1-7H,(H2,12,13). The van der Waals surface area contributed by atoms with Gasteiger partial charge in [0, 0.05) is 5.56 Å². The number of carbonyl (C=O) groups is 1. The quantitative estimate of drug-likeness (QED) is 0.862. The molecule has 0 aliphatic heterocycles. The molecule has 1 amide bonds. The maximum atomic E-state index is 10.8. The molecular formula is C11H9NO2S. The molecule has 1 heterocycles. The summed E-state index contributed by atoms with van der Waals surface area (Å²) in [4.78, 5) is 10.8. The van der Waals surface area contributed by atoms with Gasteiger partial charge < -0.3 is 10.5 Å². The average molecular weight is 219 g/mol. The Kier molecular flexibility index (Phi) is 2.69. The number of benzene rings is 1. The highest BCUT2D eigenvalue weighted by atomic mass is 32.1. The van der Waals surface area contributed by atoms with Gasteiger partial charge in [-0.3, -0.25) is 4.79 Å². The molecule has 0 saturated heterocycles. The van der Waals surface area contributed by atoms with E-state index >= 15 is 0 Å². The van der Waals surface area contributed by atoms with E-state index in [-0.39, 0.29) is 0 Å². The van der Waals surface area contributed by atoms with Crippen LogP contribution in [0, 0.1) is 0 Å². The van der Waals surface area contributed by atoms with Crippen LogP contribution in [0.1, 0.15) is 10.4 Å². The number of primary amides is 1. The van der Waals surface area contributed by atoms with E-state index < -0.39 is 5.91 Å². The molecule has 76 valence electrons. The minimum absolute atomic E-state index is 0.433. The number of hydrogen-bond donors (Lipinski definition) is 1. The predicted molar refractivity (Wildman–Crippen MR) is 59.4 cm³/mol. The van der Waals surface area contributed by atoms with Gasteiger partial charge in [-0.1, -0.05) is 0 Å². The lowest BCUT2D eigenvalue weighted by atomic mass is 10.2. The highest BCUT2D eigenvalue weighted by Gasteiger charge is 2.01. The smallest absolute Gasteiger partial charge is 0.248 e. The lowest BCUT2D eigenvalue weighted by molar-refractivity contribution is 0.100. The van der Waals surface area contributed by atoms with Crippen molar-refractivity contribution in [3.05, 3.63) is 47.3 Å². The van der Waals surface area contributed by atoms with Gasteiger partial charge in [0.1, 0.15) is 5.75 Å². The summed E-state index contributed by atoms with van der Waals surface area (Å²) >= 11 is 1.51. The van der Waals surface area contributed by atoms with Crippen molar-refractivity contribution in [3.8, 4) is 10.8 Å². The van der Waals surface area contributed by atoms with E-state index in [1.54, 1.807) is 24.3 Å². The van der Waals surface area contributed by atoms with Crippen LogP contribution in [0.2, 0.25) is 0 Å². The Morgan fingerprint density at radius 2 is 1.93 bits per heavy atom. The van der Waals surface area contributed by atoms with Gasteiger partial charge in [0.25, 0.3) is 0 Å². The van der Waals surface area contributed by atoms with E-state index in [0.29, 0.717) is 11.3 Å². The molecule has 1 aromatic heterocycles. The first-order valence-electron chi connectivity index (χ1n) is 4.37. The van der Waals surface area contributed by atoms with Gasteiger partial charge >= 0.3 is 0 Å². The molecule has 15 heavy (non-hydrogen) atoms. The summed E-state index contributed by atoms with van der Waals surface area (Å²) in [6.07, 6.45) is 0. The fraction of sp³-hybridized carbons (Fsp3) is 0. The Labute approximate surface area is 91.1 Å². The lowest BCUT2D eigenvalue weighted by Crippen LogP contribution is -2.10. The molecule has 2 aromatic rings. The summed E-state index contributed by atoms with van der Waals surface area (Å²) in [5, 5.41) is 2.76. The van der Waals surface area contributed by atoms with E-state index in [4.69, 9.17) is 10.5 Å². The van der Waals surface area contributed by atoms with Crippen LogP contribution in [0.25, 0.3) is 0 Å². The van der Waals surface area contributed by atoms with Crippen molar-refractivity contribution < 1.29 is 9.53 Å². The molecule has 0 bridgehead atoms. The molecule has 0 spiro atoms. The summed E-state index contributed by atoms with van der Waals surface area (Å²) < 4.78 is 5.52. The minimum Gasteiger partial charge on any atom is -0.447 e. The third kappa shape index (κ3) is 2.35. The third-order valence-electron chi connectivity index (χ3n) is 1.85. The maximum absolute atomic E-state index is 10.8. The van der Waals surface area contributed by atoms with Crippen LogP contribution < -0.4 is 10.5 Å². The molecule has 2 N–H and O–H groups in total. The molecule has 0 aliphatic rings. The second kappa shape index (κ2) is 4.14. The van der Waals surface area contributed by atoms with Gasteiger partial charge in [0.15, 0.2) is 5.06 Å². The van der Waals surface area contributed by atoms with Crippen molar-refractivity contribution in [1.82, 2.24) is 0 Å². The molecule has 0 saturated carbocycles. The highest BCUT2D eigenvalue weighted by Crippen LogP contribution is 2.25. The van der Waals surface area contributed by atoms with Crippen LogP contribution in [-0.2, 0) is 0 Å². The Bertz CT molecular complexity index is 448. The van der Waals surface area contributed by atoms with Crippen LogP contribution in [0.15, 0.2) is 41.8 Å². The molecular weight excluding hydrogens is 210 g/mol. The van der Waals surface area contributed by atoms with Crippen LogP contribution >= 0.6 is 11.3 Å². The van der Waals surface area contributed by atoms with Crippen LogP contribution in [0.4, 0.5) is 0 Å². The van der Waals surface area contributed by atoms with E-state index in [1.165, 1.54) is 11.3 Å². The summed E-state index contributed by atoms with van der Waals surface area (Å²) in [6.45, 7) is 0. The Morgan fingerprint density at radius 3 is 2.47 bits per heavy atom. The van der Waals surface area contributed by atoms with Crippen molar-refractivity contribution in [1.29, 1.82) is 0 Å². The number of rotatable bonds is 3. The summed E-state index contributed by atoms with van der Waals surface area (Å²) in [7, 11) is 0. The van der Waals surface area contributed by atoms with Gasteiger partial charge in [0.2, 0.25) is 5.91 Å². The summed E-state index contributed by atoms with van der Waals surface area (Å²) in [6, 6.07) is 10.5. The molecule has 0 fully saturated rings. The second-order valence-corrected chi connectivity index (χ2v) is 3.83. The average Bonchev–Trinajstić information content (AvgIpc) is 2.71. The topological polar surface area (TPSA) is 52.3 Å². The van der Waals surface area contributed by atoms with Crippen LogP contribution in [0.5, 0.6) is 10.8 Å². The number of ether oxygens (including phenoxy) is 1. The first-order valence-corrected chi connectivity index (χ1v) is 5.25. The molecule has 2 rings (SSSR count). The Morgan fingerprint density at radius 1 is 1.20 bits per heavy atom. The van der Waals surface area contributed by atoms with Gasteiger partial charge in [-0.25, -0.2) is 0 Å². The fourth-order valence-corrected chi connectivity index (χ4v) is 1.72. The lowest BCUT2D eigenvalue weighted by Gasteiger charge is -2.02. The van der Waals surface area contributed by atoms with Gasteiger partial charge in [-0.2, -0.15) is 0 Å². The van der Waals surface area contributed by atoms with E-state index in [9.17, 15) is 4.79 Å². The molecule has 1 aromatic carbocycles. The van der Waals surface area contributed by atoms with Crippen LogP contribution in [0.3, 0.4) is 0 Å². The molecule has 0 atom stereocenters. The van der Waals surface area contributed by atoms with Crippen LogP contribution in [-0.4, -0.2) is 5.91 Å². The fourth-order valence-electron chi connectivity index (χ4n) is 1.12. The van der Waals surface area contributed by atoms with E-state index in [2.05, 4.69) is 0 Å². The van der Waals surface area contributed by atoms with Gasteiger partial charge in [-0.05, 0) is 41.8 Å². The zero-order chi connectivity index (χ0) is 10.7. The summed E-state index contributed by atoms with van der Waals surface area (Å²) in [5.74, 6) is 0.264. The SMILES string of the molecule is NC(=O)c1ccc(Oc2cccs2)cc1.